The SMILES string of the molecule is COC(CN)CC(=O)Nc1cc(C(C)(C)C)nn1-c1ccccc1C. The molecule has 1 unspecified atom stereocenters. The maximum Gasteiger partial charge on any atom is 0.228 e. The van der Waals surface area contributed by atoms with E-state index in [4.69, 9.17) is 15.6 Å². The van der Waals surface area contributed by atoms with Crippen LogP contribution in [0.5, 0.6) is 0 Å². The molecule has 1 heterocycles. The van der Waals surface area contributed by atoms with Crippen molar-refractivity contribution in [3.8, 4) is 5.69 Å². The number of aryl methyl sites for hydroxylation is 1. The predicted molar refractivity (Wildman–Crippen MR) is 100 cm³/mol. The van der Waals surface area contributed by atoms with Gasteiger partial charge in [0.15, 0.2) is 0 Å². The number of hydrogen-bond donors (Lipinski definition) is 2. The van der Waals surface area contributed by atoms with E-state index >= 15 is 0 Å². The van der Waals surface area contributed by atoms with Crippen LogP contribution >= 0.6 is 0 Å². The second kappa shape index (κ2) is 7.80. The number of carbonyl (C=O) groups excluding carboxylic acids is 1. The monoisotopic (exact) mass is 344 g/mol. The van der Waals surface area contributed by atoms with Gasteiger partial charge in [-0.25, -0.2) is 4.68 Å². The number of para-hydroxylation sites is 1. The fraction of sp³-hybridized carbons (Fsp3) is 0.474. The minimum atomic E-state index is -0.295. The van der Waals surface area contributed by atoms with E-state index in [9.17, 15) is 4.79 Å². The number of hydrogen-bond acceptors (Lipinski definition) is 4. The van der Waals surface area contributed by atoms with E-state index in [-0.39, 0.29) is 23.8 Å². The third-order valence-electron chi connectivity index (χ3n) is 4.10. The minimum Gasteiger partial charge on any atom is -0.380 e. The fourth-order valence-corrected chi connectivity index (χ4v) is 2.48. The Balaban J connectivity index is 2.37. The molecule has 1 amide bonds. The Hall–Kier alpha value is -2.18. The number of nitrogens with zero attached hydrogens (tertiary/aromatic N) is 2. The number of ether oxygens (including phenoxy) is 1. The third kappa shape index (κ3) is 4.67. The Bertz CT molecular complexity index is 727. The summed E-state index contributed by atoms with van der Waals surface area (Å²) < 4.78 is 6.98. The number of nitrogens with two attached hydrogens (primary N) is 1. The molecule has 0 fully saturated rings. The van der Waals surface area contributed by atoms with Crippen LogP contribution in [0.25, 0.3) is 5.69 Å². The van der Waals surface area contributed by atoms with Gasteiger partial charge in [0.05, 0.1) is 23.9 Å². The van der Waals surface area contributed by atoms with E-state index in [2.05, 4.69) is 26.1 Å². The van der Waals surface area contributed by atoms with Crippen LogP contribution in [-0.2, 0) is 14.9 Å². The Morgan fingerprint density at radius 2 is 2.04 bits per heavy atom. The number of nitrogens with one attached hydrogen (secondary N) is 1. The van der Waals surface area contributed by atoms with Crippen molar-refractivity contribution < 1.29 is 9.53 Å². The van der Waals surface area contributed by atoms with Crippen molar-refractivity contribution in [2.45, 2.75) is 45.6 Å². The van der Waals surface area contributed by atoms with Crippen molar-refractivity contribution >= 4 is 11.7 Å². The molecule has 0 aliphatic rings. The lowest BCUT2D eigenvalue weighted by Gasteiger charge is -2.14. The molecule has 1 aromatic heterocycles. The van der Waals surface area contributed by atoms with Gasteiger partial charge >= 0.3 is 0 Å². The summed E-state index contributed by atoms with van der Waals surface area (Å²) in [5.41, 5.74) is 8.41. The Kier molecular flexibility index (Phi) is 5.98. The third-order valence-corrected chi connectivity index (χ3v) is 4.10. The highest BCUT2D eigenvalue weighted by molar-refractivity contribution is 5.90. The molecule has 2 aromatic rings. The quantitative estimate of drug-likeness (QED) is 0.844. The van der Waals surface area contributed by atoms with E-state index in [0.29, 0.717) is 12.4 Å². The highest BCUT2D eigenvalue weighted by atomic mass is 16.5. The van der Waals surface area contributed by atoms with Crippen LogP contribution in [0.2, 0.25) is 0 Å². The van der Waals surface area contributed by atoms with Gasteiger partial charge in [0.1, 0.15) is 5.82 Å². The van der Waals surface area contributed by atoms with Crippen LogP contribution in [0.4, 0.5) is 5.82 Å². The largest absolute Gasteiger partial charge is 0.380 e. The number of aromatic nitrogens is 2. The molecule has 25 heavy (non-hydrogen) atoms. The van der Waals surface area contributed by atoms with Gasteiger partial charge in [0, 0.05) is 25.1 Å². The number of benzene rings is 1. The molecular formula is C19H28N4O2. The van der Waals surface area contributed by atoms with Gasteiger partial charge in [-0.05, 0) is 18.6 Å². The molecule has 2 rings (SSSR count). The molecule has 3 N–H and O–H groups in total. The van der Waals surface area contributed by atoms with Crippen molar-refractivity contribution in [3.05, 3.63) is 41.6 Å². The standard InChI is InChI=1S/C19H28N4O2/c1-13-8-6-7-9-15(13)23-17(11-16(22-23)19(2,3)4)21-18(24)10-14(12-20)25-5/h6-9,11,14H,10,12,20H2,1-5H3,(H,21,24). The number of rotatable bonds is 6. The first kappa shape index (κ1) is 19.1. The molecule has 0 saturated heterocycles. The van der Waals surface area contributed by atoms with Gasteiger partial charge in [-0.1, -0.05) is 39.0 Å². The summed E-state index contributed by atoms with van der Waals surface area (Å²) in [6.07, 6.45) is -0.0894. The van der Waals surface area contributed by atoms with Crippen molar-refractivity contribution in [2.75, 3.05) is 19.0 Å². The topological polar surface area (TPSA) is 82.2 Å². The summed E-state index contributed by atoms with van der Waals surface area (Å²) in [7, 11) is 1.56. The Morgan fingerprint density at radius 3 is 2.60 bits per heavy atom. The Labute approximate surface area is 149 Å². The van der Waals surface area contributed by atoms with Gasteiger partial charge in [0.2, 0.25) is 5.91 Å². The number of methoxy groups -OCH3 is 1. The summed E-state index contributed by atoms with van der Waals surface area (Å²) in [6, 6.07) is 9.88. The highest BCUT2D eigenvalue weighted by Gasteiger charge is 2.22. The van der Waals surface area contributed by atoms with E-state index < -0.39 is 0 Å². The summed E-state index contributed by atoms with van der Waals surface area (Å²) in [4.78, 5) is 12.4. The lowest BCUT2D eigenvalue weighted by atomic mass is 9.92. The maximum atomic E-state index is 12.4. The van der Waals surface area contributed by atoms with Crippen LogP contribution < -0.4 is 11.1 Å². The zero-order valence-corrected chi connectivity index (χ0v) is 15.7. The van der Waals surface area contributed by atoms with Crippen LogP contribution in [0.15, 0.2) is 30.3 Å². The molecular weight excluding hydrogens is 316 g/mol. The molecule has 136 valence electrons. The zero-order valence-electron chi connectivity index (χ0n) is 15.7. The second-order valence-corrected chi connectivity index (χ2v) is 7.21. The van der Waals surface area contributed by atoms with Crippen LogP contribution in [0.1, 0.15) is 38.4 Å². The number of amides is 1. The molecule has 6 heteroatoms. The summed E-state index contributed by atoms with van der Waals surface area (Å²) in [6.45, 7) is 8.61. The van der Waals surface area contributed by atoms with Crippen LogP contribution in [0.3, 0.4) is 0 Å². The van der Waals surface area contributed by atoms with Gasteiger partial charge in [-0.2, -0.15) is 5.10 Å². The van der Waals surface area contributed by atoms with Gasteiger partial charge < -0.3 is 15.8 Å². The van der Waals surface area contributed by atoms with Crippen molar-refractivity contribution in [2.24, 2.45) is 5.73 Å². The maximum absolute atomic E-state index is 12.4. The minimum absolute atomic E-state index is 0.125. The lowest BCUT2D eigenvalue weighted by Crippen LogP contribution is -2.28. The van der Waals surface area contributed by atoms with Crippen molar-refractivity contribution in [3.63, 3.8) is 0 Å². The summed E-state index contributed by atoms with van der Waals surface area (Å²) in [5, 5.41) is 7.68. The molecule has 1 atom stereocenters. The smallest absolute Gasteiger partial charge is 0.228 e. The normalized spacial score (nSPS) is 12.9. The van der Waals surface area contributed by atoms with Gasteiger partial charge in [-0.15, -0.1) is 0 Å². The van der Waals surface area contributed by atoms with Gasteiger partial charge in [-0.3, -0.25) is 4.79 Å². The van der Waals surface area contributed by atoms with E-state index in [0.717, 1.165) is 16.9 Å². The molecule has 0 aliphatic heterocycles. The average molecular weight is 344 g/mol. The first-order chi connectivity index (χ1) is 11.8. The molecule has 0 saturated carbocycles. The number of anilines is 1. The molecule has 1 aromatic carbocycles. The van der Waals surface area contributed by atoms with Crippen LogP contribution in [-0.4, -0.2) is 35.4 Å². The molecule has 6 nitrogen and oxygen atoms in total. The van der Waals surface area contributed by atoms with Crippen molar-refractivity contribution in [1.82, 2.24) is 9.78 Å². The molecule has 0 radical (unpaired) electrons. The zero-order chi connectivity index (χ0) is 18.6. The van der Waals surface area contributed by atoms with Gasteiger partial charge in [0.25, 0.3) is 0 Å². The van der Waals surface area contributed by atoms with E-state index in [1.807, 2.05) is 37.3 Å². The molecule has 0 spiro atoms. The Morgan fingerprint density at radius 1 is 1.36 bits per heavy atom. The molecule has 0 aliphatic carbocycles. The van der Waals surface area contributed by atoms with Crippen LogP contribution in [0, 0.1) is 6.92 Å². The van der Waals surface area contributed by atoms with E-state index in [1.165, 1.54) is 0 Å². The lowest BCUT2D eigenvalue weighted by molar-refractivity contribution is -0.118. The summed E-state index contributed by atoms with van der Waals surface area (Å²) in [5.74, 6) is 0.503. The van der Waals surface area contributed by atoms with E-state index in [1.54, 1.807) is 11.8 Å². The number of carbonyl (C=O) groups is 1. The first-order valence-electron chi connectivity index (χ1n) is 8.45. The van der Waals surface area contributed by atoms with Crippen molar-refractivity contribution in [1.29, 1.82) is 0 Å². The first-order valence-corrected chi connectivity index (χ1v) is 8.45. The second-order valence-electron chi connectivity index (χ2n) is 7.21. The summed E-state index contributed by atoms with van der Waals surface area (Å²) >= 11 is 0. The average Bonchev–Trinajstić information content (AvgIpc) is 2.97. The fourth-order valence-electron chi connectivity index (χ4n) is 2.48. The molecule has 0 bridgehead atoms. The highest BCUT2D eigenvalue weighted by Crippen LogP contribution is 2.27. The predicted octanol–water partition coefficient (Wildman–Crippen LogP) is 2.78.